The van der Waals surface area contributed by atoms with Crippen molar-refractivity contribution >= 4 is 5.97 Å². The summed E-state index contributed by atoms with van der Waals surface area (Å²) >= 11 is 0. The fraction of sp³-hybridized carbons (Fsp3) is 0.278. The van der Waals surface area contributed by atoms with Crippen LogP contribution < -0.4 is 10.1 Å². The van der Waals surface area contributed by atoms with Crippen LogP contribution in [0.4, 0.5) is 0 Å². The van der Waals surface area contributed by atoms with Gasteiger partial charge in [-0.3, -0.25) is 0 Å². The molecule has 4 heteroatoms. The maximum atomic E-state index is 10.8. The second-order valence-electron chi connectivity index (χ2n) is 5.42. The first kappa shape index (κ1) is 16.0. The number of benzene rings is 2. The predicted molar refractivity (Wildman–Crippen MR) is 86.2 cm³/mol. The molecule has 0 aliphatic rings. The van der Waals surface area contributed by atoms with Crippen LogP contribution in [-0.4, -0.2) is 17.2 Å². The van der Waals surface area contributed by atoms with Gasteiger partial charge in [0.2, 0.25) is 0 Å². The topological polar surface area (TPSA) is 58.6 Å². The number of ether oxygens (including phenoxy) is 1. The number of nitrogens with one attached hydrogen (secondary N) is 1. The molecular weight excluding hydrogens is 278 g/mol. The fourth-order valence-electron chi connectivity index (χ4n) is 2.07. The molecule has 0 bridgehead atoms. The Hall–Kier alpha value is -2.33. The zero-order valence-electron chi connectivity index (χ0n) is 12.9. The molecule has 0 fully saturated rings. The van der Waals surface area contributed by atoms with Gasteiger partial charge in [-0.1, -0.05) is 24.3 Å². The summed E-state index contributed by atoms with van der Waals surface area (Å²) in [6.45, 7) is 5.46. The number of hydrogen-bond donors (Lipinski definition) is 2. The van der Waals surface area contributed by atoms with Crippen LogP contribution in [0, 0.1) is 0 Å². The molecule has 0 spiro atoms. The third-order valence-corrected chi connectivity index (χ3v) is 3.15. The van der Waals surface area contributed by atoms with Gasteiger partial charge in [-0.2, -0.15) is 0 Å². The lowest BCUT2D eigenvalue weighted by atomic mass is 10.1. The minimum atomic E-state index is -0.900. The van der Waals surface area contributed by atoms with Gasteiger partial charge in [0.25, 0.3) is 0 Å². The summed E-state index contributed by atoms with van der Waals surface area (Å²) in [6, 6.07) is 14.9. The van der Waals surface area contributed by atoms with Crippen molar-refractivity contribution in [1.29, 1.82) is 0 Å². The van der Waals surface area contributed by atoms with Crippen LogP contribution in [0.1, 0.15) is 35.3 Å². The highest BCUT2D eigenvalue weighted by Gasteiger charge is 2.02. The molecule has 0 aliphatic carbocycles. The Labute approximate surface area is 130 Å². The fourth-order valence-corrected chi connectivity index (χ4v) is 2.07. The summed E-state index contributed by atoms with van der Waals surface area (Å²) in [5, 5.41) is 12.2. The van der Waals surface area contributed by atoms with Crippen LogP contribution in [0.25, 0.3) is 0 Å². The summed E-state index contributed by atoms with van der Waals surface area (Å²) < 4.78 is 5.61. The van der Waals surface area contributed by atoms with Crippen LogP contribution in [0.2, 0.25) is 0 Å². The second-order valence-corrected chi connectivity index (χ2v) is 5.42. The lowest BCUT2D eigenvalue weighted by molar-refractivity contribution is 0.0697. The van der Waals surface area contributed by atoms with Gasteiger partial charge < -0.3 is 15.2 Å². The predicted octanol–water partition coefficient (Wildman–Crippen LogP) is 3.46. The van der Waals surface area contributed by atoms with Crippen molar-refractivity contribution in [3.63, 3.8) is 0 Å². The molecule has 2 N–H and O–H groups in total. The molecule has 2 aromatic rings. The standard InChI is InChI=1S/C18H21NO3/c1-13(2)22-17-9-5-15(6-10-17)12-19-11-14-3-7-16(8-4-14)18(20)21/h3-10,13,19H,11-12H2,1-2H3,(H,20,21). The molecule has 0 atom stereocenters. The van der Waals surface area contributed by atoms with Gasteiger partial charge >= 0.3 is 5.97 Å². The number of aromatic carboxylic acids is 1. The largest absolute Gasteiger partial charge is 0.491 e. The van der Waals surface area contributed by atoms with E-state index in [1.54, 1.807) is 12.1 Å². The van der Waals surface area contributed by atoms with Crippen LogP contribution in [0.15, 0.2) is 48.5 Å². The van der Waals surface area contributed by atoms with Crippen LogP contribution in [-0.2, 0) is 13.1 Å². The third-order valence-electron chi connectivity index (χ3n) is 3.15. The van der Waals surface area contributed by atoms with E-state index >= 15 is 0 Å². The Bertz CT molecular complexity index is 603. The maximum Gasteiger partial charge on any atom is 0.335 e. The Kier molecular flexibility index (Phi) is 5.55. The van der Waals surface area contributed by atoms with Crippen LogP contribution in [0.3, 0.4) is 0 Å². The van der Waals surface area contributed by atoms with Gasteiger partial charge in [-0.25, -0.2) is 4.79 Å². The molecule has 0 saturated heterocycles. The van der Waals surface area contributed by atoms with E-state index < -0.39 is 5.97 Å². The molecule has 0 radical (unpaired) electrons. The van der Waals surface area contributed by atoms with E-state index in [0.29, 0.717) is 12.1 Å². The van der Waals surface area contributed by atoms with Crippen molar-refractivity contribution in [1.82, 2.24) is 5.32 Å². The van der Waals surface area contributed by atoms with Crippen molar-refractivity contribution < 1.29 is 14.6 Å². The molecule has 116 valence electrons. The Morgan fingerprint density at radius 1 is 1.00 bits per heavy atom. The lowest BCUT2D eigenvalue weighted by Crippen LogP contribution is -2.13. The van der Waals surface area contributed by atoms with Crippen molar-refractivity contribution in [3.05, 3.63) is 65.2 Å². The Morgan fingerprint density at radius 3 is 1.95 bits per heavy atom. The third kappa shape index (κ3) is 4.90. The molecule has 22 heavy (non-hydrogen) atoms. The van der Waals surface area contributed by atoms with E-state index in [0.717, 1.165) is 17.9 Å². The number of rotatable bonds is 7. The molecule has 0 amide bonds. The van der Waals surface area contributed by atoms with Gasteiger partial charge in [-0.05, 0) is 49.2 Å². The minimum Gasteiger partial charge on any atom is -0.491 e. The monoisotopic (exact) mass is 299 g/mol. The van der Waals surface area contributed by atoms with E-state index in [1.165, 1.54) is 5.56 Å². The lowest BCUT2D eigenvalue weighted by Gasteiger charge is -2.10. The minimum absolute atomic E-state index is 0.178. The molecule has 2 aromatic carbocycles. The van der Waals surface area contributed by atoms with Crippen LogP contribution in [0.5, 0.6) is 5.75 Å². The SMILES string of the molecule is CC(C)Oc1ccc(CNCc2ccc(C(=O)O)cc2)cc1. The molecule has 0 unspecified atom stereocenters. The smallest absolute Gasteiger partial charge is 0.335 e. The average Bonchev–Trinajstić information content (AvgIpc) is 2.49. The van der Waals surface area contributed by atoms with Crippen LogP contribution >= 0.6 is 0 Å². The molecule has 4 nitrogen and oxygen atoms in total. The first-order chi connectivity index (χ1) is 10.5. The highest BCUT2D eigenvalue weighted by molar-refractivity contribution is 5.87. The van der Waals surface area contributed by atoms with Gasteiger partial charge in [0, 0.05) is 13.1 Å². The van der Waals surface area contributed by atoms with E-state index in [1.807, 2.05) is 50.2 Å². The molecular formula is C18H21NO3. The zero-order valence-corrected chi connectivity index (χ0v) is 12.9. The number of carbonyl (C=O) groups is 1. The van der Waals surface area contributed by atoms with E-state index in [2.05, 4.69) is 5.32 Å². The summed E-state index contributed by atoms with van der Waals surface area (Å²) in [6.07, 6.45) is 0.178. The second kappa shape index (κ2) is 7.61. The van der Waals surface area contributed by atoms with Gasteiger partial charge in [0.1, 0.15) is 5.75 Å². The number of hydrogen-bond acceptors (Lipinski definition) is 3. The quantitative estimate of drug-likeness (QED) is 0.822. The normalized spacial score (nSPS) is 10.7. The maximum absolute atomic E-state index is 10.8. The number of carboxylic acids is 1. The molecule has 0 aromatic heterocycles. The molecule has 0 heterocycles. The Balaban J connectivity index is 1.81. The average molecular weight is 299 g/mol. The molecule has 2 rings (SSSR count). The van der Waals surface area contributed by atoms with Crippen molar-refractivity contribution in [2.75, 3.05) is 0 Å². The Morgan fingerprint density at radius 2 is 1.50 bits per heavy atom. The van der Waals surface area contributed by atoms with Gasteiger partial charge in [0.05, 0.1) is 11.7 Å². The van der Waals surface area contributed by atoms with E-state index in [-0.39, 0.29) is 6.10 Å². The summed E-state index contributed by atoms with van der Waals surface area (Å²) in [5.41, 5.74) is 2.55. The molecule has 0 aliphatic heterocycles. The summed E-state index contributed by atoms with van der Waals surface area (Å²) in [4.78, 5) is 10.8. The number of carboxylic acid groups (broad SMARTS) is 1. The van der Waals surface area contributed by atoms with Crippen molar-refractivity contribution in [3.8, 4) is 5.75 Å². The highest BCUT2D eigenvalue weighted by Crippen LogP contribution is 2.14. The van der Waals surface area contributed by atoms with E-state index in [4.69, 9.17) is 9.84 Å². The zero-order chi connectivity index (χ0) is 15.9. The van der Waals surface area contributed by atoms with E-state index in [9.17, 15) is 4.79 Å². The first-order valence-corrected chi connectivity index (χ1v) is 7.33. The van der Waals surface area contributed by atoms with Gasteiger partial charge in [-0.15, -0.1) is 0 Å². The highest BCUT2D eigenvalue weighted by atomic mass is 16.5. The molecule has 0 saturated carbocycles. The summed E-state index contributed by atoms with van der Waals surface area (Å²) in [7, 11) is 0. The van der Waals surface area contributed by atoms with Crippen molar-refractivity contribution in [2.24, 2.45) is 0 Å². The van der Waals surface area contributed by atoms with Crippen molar-refractivity contribution in [2.45, 2.75) is 33.0 Å². The van der Waals surface area contributed by atoms with Gasteiger partial charge in [0.15, 0.2) is 0 Å². The summed E-state index contributed by atoms with van der Waals surface area (Å²) in [5.74, 6) is -0.0220. The first-order valence-electron chi connectivity index (χ1n) is 7.33.